The van der Waals surface area contributed by atoms with E-state index in [1.54, 1.807) is 16.7 Å². The predicted molar refractivity (Wildman–Crippen MR) is 143 cm³/mol. The molecule has 192 valence electrons. The fourth-order valence-corrected chi connectivity index (χ4v) is 6.02. The number of thioether (sulfide) groups is 1. The van der Waals surface area contributed by atoms with Crippen molar-refractivity contribution in [2.24, 2.45) is 4.99 Å². The van der Waals surface area contributed by atoms with Crippen molar-refractivity contribution in [3.63, 3.8) is 0 Å². The topological polar surface area (TPSA) is 76.5 Å². The number of rotatable bonds is 6. The minimum atomic E-state index is -0.437. The molecule has 36 heavy (non-hydrogen) atoms. The van der Waals surface area contributed by atoms with Gasteiger partial charge in [0.05, 0.1) is 23.7 Å². The predicted octanol–water partition coefficient (Wildman–Crippen LogP) is 3.86. The van der Waals surface area contributed by atoms with E-state index in [-0.39, 0.29) is 24.1 Å². The number of hydrogen-bond acceptors (Lipinski definition) is 6. The molecular formula is C26H32ClN5O3S. The summed E-state index contributed by atoms with van der Waals surface area (Å²) in [6.07, 6.45) is 0.189. The third-order valence-corrected chi connectivity index (χ3v) is 7.98. The van der Waals surface area contributed by atoms with E-state index < -0.39 is 6.04 Å². The molecule has 0 aromatic heterocycles. The molecule has 1 atom stereocenters. The van der Waals surface area contributed by atoms with Crippen LogP contribution in [0.4, 0.5) is 0 Å². The largest absolute Gasteiger partial charge is 0.339 e. The van der Waals surface area contributed by atoms with Gasteiger partial charge >= 0.3 is 0 Å². The highest BCUT2D eigenvalue weighted by Gasteiger charge is 2.41. The lowest BCUT2D eigenvalue weighted by Crippen LogP contribution is -2.50. The first kappa shape index (κ1) is 26.3. The van der Waals surface area contributed by atoms with Crippen molar-refractivity contribution in [3.8, 4) is 0 Å². The summed E-state index contributed by atoms with van der Waals surface area (Å²) in [6.45, 7) is 10.6. The Morgan fingerprint density at radius 3 is 2.39 bits per heavy atom. The molecule has 1 aromatic rings. The van der Waals surface area contributed by atoms with Crippen molar-refractivity contribution >= 4 is 46.3 Å². The molecule has 3 amide bonds. The van der Waals surface area contributed by atoms with E-state index in [0.29, 0.717) is 55.6 Å². The molecule has 4 rings (SSSR count). The number of halogens is 1. The monoisotopic (exact) mass is 529 g/mol. The van der Waals surface area contributed by atoms with Crippen molar-refractivity contribution in [2.45, 2.75) is 40.2 Å². The summed E-state index contributed by atoms with van der Waals surface area (Å²) in [5.41, 5.74) is 2.96. The Bertz CT molecular complexity index is 1150. The number of carbonyl (C=O) groups excluding carboxylic acids is 3. The standard InChI is InChI=1S/C26H32ClN5O3S/c1-5-29(6-2)25(35)23-17(3)28-26-32(24(23)19-8-7-9-20(27)14-19)21(16-36-26)15-22(34)31-12-10-30(11-13-31)18(4)33/h7-9,14,16,24H,5-6,10-13,15H2,1-4H3. The SMILES string of the molecule is CCN(CC)C(=O)C1=C(C)N=C2SC=C(CC(=O)N3CCN(C(C)=O)CC3)N2C1c1cccc(Cl)c1. The van der Waals surface area contributed by atoms with E-state index in [4.69, 9.17) is 16.6 Å². The Labute approximate surface area is 221 Å². The van der Waals surface area contributed by atoms with Crippen LogP contribution in [-0.2, 0) is 14.4 Å². The molecule has 3 aliphatic heterocycles. The van der Waals surface area contributed by atoms with Crippen molar-refractivity contribution in [1.29, 1.82) is 0 Å². The van der Waals surface area contributed by atoms with Gasteiger partial charge in [-0.15, -0.1) is 0 Å². The number of fused-ring (bicyclic) bond motifs is 1. The molecule has 1 fully saturated rings. The fourth-order valence-electron chi connectivity index (χ4n) is 4.85. The maximum Gasteiger partial charge on any atom is 0.254 e. The Morgan fingerprint density at radius 2 is 1.78 bits per heavy atom. The zero-order valence-corrected chi connectivity index (χ0v) is 22.7. The number of likely N-dealkylation sites (N-methyl/N-ethyl adjacent to an activating group) is 1. The summed E-state index contributed by atoms with van der Waals surface area (Å²) in [4.78, 5) is 50.8. The summed E-state index contributed by atoms with van der Waals surface area (Å²) in [6, 6.07) is 7.09. The molecule has 1 saturated heterocycles. The molecule has 10 heteroatoms. The van der Waals surface area contributed by atoms with Gasteiger partial charge in [0.1, 0.15) is 0 Å². The van der Waals surface area contributed by atoms with Gasteiger partial charge in [0.2, 0.25) is 11.8 Å². The first-order valence-corrected chi connectivity index (χ1v) is 13.5. The van der Waals surface area contributed by atoms with Gasteiger partial charge in [-0.2, -0.15) is 0 Å². The number of piperazine rings is 1. The van der Waals surface area contributed by atoms with Crippen LogP contribution < -0.4 is 0 Å². The summed E-state index contributed by atoms with van der Waals surface area (Å²) in [5.74, 6) is -0.0321. The summed E-state index contributed by atoms with van der Waals surface area (Å²) in [7, 11) is 0. The van der Waals surface area contributed by atoms with Gasteiger partial charge in [-0.05, 0) is 43.9 Å². The molecule has 1 aromatic carbocycles. The normalized spacial score (nSPS) is 19.7. The molecule has 8 nitrogen and oxygen atoms in total. The molecule has 0 N–H and O–H groups in total. The van der Waals surface area contributed by atoms with E-state index in [0.717, 1.165) is 16.4 Å². The lowest BCUT2D eigenvalue weighted by molar-refractivity contribution is -0.138. The molecule has 0 aliphatic carbocycles. The highest BCUT2D eigenvalue weighted by atomic mass is 35.5. The maximum atomic E-state index is 13.7. The van der Waals surface area contributed by atoms with Crippen LogP contribution in [0.3, 0.4) is 0 Å². The molecule has 0 bridgehead atoms. The van der Waals surface area contributed by atoms with Crippen molar-refractivity contribution < 1.29 is 14.4 Å². The van der Waals surface area contributed by atoms with Crippen molar-refractivity contribution in [1.82, 2.24) is 19.6 Å². The minimum Gasteiger partial charge on any atom is -0.339 e. The smallest absolute Gasteiger partial charge is 0.254 e. The van der Waals surface area contributed by atoms with Crippen LogP contribution in [-0.4, -0.2) is 81.8 Å². The molecule has 0 radical (unpaired) electrons. The van der Waals surface area contributed by atoms with Crippen LogP contribution >= 0.6 is 23.4 Å². The second-order valence-electron chi connectivity index (χ2n) is 8.99. The van der Waals surface area contributed by atoms with Crippen LogP contribution in [0.2, 0.25) is 5.02 Å². The van der Waals surface area contributed by atoms with E-state index in [1.165, 1.54) is 11.8 Å². The van der Waals surface area contributed by atoms with Crippen molar-refractivity contribution in [3.05, 3.63) is 57.2 Å². The van der Waals surface area contributed by atoms with Gasteiger partial charge in [-0.1, -0.05) is 35.5 Å². The molecular weight excluding hydrogens is 498 g/mol. The Kier molecular flexibility index (Phi) is 8.10. The van der Waals surface area contributed by atoms with Crippen LogP contribution in [0.25, 0.3) is 0 Å². The lowest BCUT2D eigenvalue weighted by atomic mass is 9.92. The number of hydrogen-bond donors (Lipinski definition) is 0. The Hall–Kier alpha value is -2.78. The number of allylic oxidation sites excluding steroid dienone is 1. The van der Waals surface area contributed by atoms with E-state index in [9.17, 15) is 14.4 Å². The molecule has 3 aliphatic rings. The average Bonchev–Trinajstić information content (AvgIpc) is 3.25. The number of amides is 3. The van der Waals surface area contributed by atoms with E-state index in [1.807, 2.05) is 60.2 Å². The third-order valence-electron chi connectivity index (χ3n) is 6.86. The molecule has 3 heterocycles. The number of nitrogens with zero attached hydrogens (tertiary/aromatic N) is 5. The van der Waals surface area contributed by atoms with E-state index in [2.05, 4.69) is 0 Å². The van der Waals surface area contributed by atoms with Gasteiger partial charge in [0.25, 0.3) is 5.91 Å². The second kappa shape index (κ2) is 11.1. The second-order valence-corrected chi connectivity index (χ2v) is 10.3. The van der Waals surface area contributed by atoms with Crippen LogP contribution in [0.15, 0.2) is 51.6 Å². The summed E-state index contributed by atoms with van der Waals surface area (Å²) < 4.78 is 0. The maximum absolute atomic E-state index is 13.7. The van der Waals surface area contributed by atoms with Crippen LogP contribution in [0, 0.1) is 0 Å². The molecule has 0 saturated carbocycles. The quantitative estimate of drug-likeness (QED) is 0.559. The Balaban J connectivity index is 1.65. The number of aliphatic imine (C=N–C) groups is 1. The number of carbonyl (C=O) groups is 3. The highest BCUT2D eigenvalue weighted by molar-refractivity contribution is 8.16. The Morgan fingerprint density at radius 1 is 1.11 bits per heavy atom. The summed E-state index contributed by atoms with van der Waals surface area (Å²) in [5, 5.41) is 3.29. The highest BCUT2D eigenvalue weighted by Crippen LogP contribution is 2.45. The molecule has 0 spiro atoms. The van der Waals surface area contributed by atoms with Gasteiger partial charge < -0.3 is 19.6 Å². The zero-order chi connectivity index (χ0) is 26.0. The zero-order valence-electron chi connectivity index (χ0n) is 21.2. The van der Waals surface area contributed by atoms with Crippen molar-refractivity contribution in [2.75, 3.05) is 39.3 Å². The third kappa shape index (κ3) is 5.18. The summed E-state index contributed by atoms with van der Waals surface area (Å²) >= 11 is 7.84. The van der Waals surface area contributed by atoms with Crippen LogP contribution in [0.1, 0.15) is 45.7 Å². The van der Waals surface area contributed by atoms with E-state index >= 15 is 0 Å². The fraction of sp³-hybridized carbons (Fsp3) is 0.462. The molecule has 1 unspecified atom stereocenters. The van der Waals surface area contributed by atoms with Crippen LogP contribution in [0.5, 0.6) is 0 Å². The minimum absolute atomic E-state index is 0.000888. The number of amidine groups is 1. The van der Waals surface area contributed by atoms with Gasteiger partial charge in [-0.25, -0.2) is 4.99 Å². The first-order chi connectivity index (χ1) is 17.2. The van der Waals surface area contributed by atoms with Gasteiger partial charge in [0.15, 0.2) is 5.17 Å². The van der Waals surface area contributed by atoms with Gasteiger partial charge in [-0.3, -0.25) is 14.4 Å². The first-order valence-electron chi connectivity index (χ1n) is 12.3. The lowest BCUT2D eigenvalue weighted by Gasteiger charge is -2.39. The number of benzene rings is 1. The average molecular weight is 530 g/mol. The van der Waals surface area contributed by atoms with Gasteiger partial charge in [0, 0.05) is 56.9 Å².